The van der Waals surface area contributed by atoms with Crippen molar-refractivity contribution in [3.05, 3.63) is 0 Å². The van der Waals surface area contributed by atoms with E-state index in [0.717, 1.165) is 45.7 Å². The number of rotatable bonds is 25. The van der Waals surface area contributed by atoms with Gasteiger partial charge in [0.2, 0.25) is 0 Å². The molecule has 0 aliphatic carbocycles. The first-order chi connectivity index (χ1) is 14.3. The smallest absolute Gasteiger partial charge is 0.0558 e. The zero-order chi connectivity index (χ0) is 21.3. The summed E-state index contributed by atoms with van der Waals surface area (Å²) in [6, 6.07) is 0. The van der Waals surface area contributed by atoms with Gasteiger partial charge in [-0.3, -0.25) is 0 Å². The molecule has 0 spiro atoms. The highest BCUT2D eigenvalue weighted by molar-refractivity contribution is 4.56. The van der Waals surface area contributed by atoms with Crippen LogP contribution in [0.15, 0.2) is 0 Å². The fraction of sp³-hybridized carbons (Fsp3) is 1.00. The molecule has 0 aliphatic rings. The highest BCUT2D eigenvalue weighted by atomic mass is 16.5. The molecular weight excluding hydrogens is 358 g/mol. The first-order valence-electron chi connectivity index (χ1n) is 13.3. The molecule has 29 heavy (non-hydrogen) atoms. The molecule has 0 bridgehead atoms. The normalized spacial score (nSPS) is 11.6. The van der Waals surface area contributed by atoms with Gasteiger partial charge in [0.25, 0.3) is 0 Å². The van der Waals surface area contributed by atoms with Crippen molar-refractivity contribution in [2.24, 2.45) is 0 Å². The lowest BCUT2D eigenvalue weighted by Crippen LogP contribution is -2.29. The van der Waals surface area contributed by atoms with Crippen molar-refractivity contribution < 1.29 is 9.84 Å². The molecular formula is C26H55NO2. The van der Waals surface area contributed by atoms with E-state index in [9.17, 15) is 0 Å². The second-order valence-corrected chi connectivity index (χ2v) is 8.83. The fourth-order valence-corrected chi connectivity index (χ4v) is 4.04. The Kier molecular flexibility index (Phi) is 25.8. The van der Waals surface area contributed by atoms with Gasteiger partial charge in [-0.1, -0.05) is 110 Å². The fourth-order valence-electron chi connectivity index (χ4n) is 4.04. The molecule has 3 heteroatoms. The minimum Gasteiger partial charge on any atom is -0.395 e. The molecule has 0 aromatic rings. The molecule has 0 heterocycles. The Morgan fingerprint density at radius 2 is 0.931 bits per heavy atom. The minimum atomic E-state index is 0.264. The molecule has 0 aromatic heterocycles. The third kappa shape index (κ3) is 24.0. The van der Waals surface area contributed by atoms with Gasteiger partial charge in [-0.2, -0.15) is 0 Å². The third-order valence-corrected chi connectivity index (χ3v) is 5.86. The van der Waals surface area contributed by atoms with Crippen LogP contribution >= 0.6 is 0 Å². The lowest BCUT2D eigenvalue weighted by molar-refractivity contribution is 0.112. The molecule has 0 unspecified atom stereocenters. The average molecular weight is 414 g/mol. The zero-order valence-electron chi connectivity index (χ0n) is 20.3. The molecule has 0 aliphatic heterocycles. The Morgan fingerprint density at radius 3 is 1.38 bits per heavy atom. The Bertz CT molecular complexity index is 280. The van der Waals surface area contributed by atoms with Crippen molar-refractivity contribution in [1.82, 2.24) is 4.90 Å². The van der Waals surface area contributed by atoms with E-state index in [1.54, 1.807) is 0 Å². The quantitative estimate of drug-likeness (QED) is 0.159. The molecule has 0 rings (SSSR count). The number of nitrogens with zero attached hydrogens (tertiary/aromatic N) is 1. The summed E-state index contributed by atoms with van der Waals surface area (Å²) in [5.41, 5.74) is 0. The van der Waals surface area contributed by atoms with Gasteiger partial charge >= 0.3 is 0 Å². The van der Waals surface area contributed by atoms with Crippen LogP contribution in [0, 0.1) is 0 Å². The summed E-state index contributed by atoms with van der Waals surface area (Å²) in [6.07, 6.45) is 24.9. The van der Waals surface area contributed by atoms with Crippen molar-refractivity contribution in [2.75, 3.05) is 39.5 Å². The van der Waals surface area contributed by atoms with Gasteiger partial charge in [0, 0.05) is 26.3 Å². The van der Waals surface area contributed by atoms with Gasteiger partial charge in [0.15, 0.2) is 0 Å². The maximum atomic E-state index is 9.06. The molecule has 0 saturated heterocycles. The van der Waals surface area contributed by atoms with Crippen LogP contribution in [-0.2, 0) is 4.74 Å². The molecule has 0 amide bonds. The number of aliphatic hydroxyl groups is 1. The van der Waals surface area contributed by atoms with Crippen LogP contribution in [0.4, 0.5) is 0 Å². The van der Waals surface area contributed by atoms with Gasteiger partial charge in [0.05, 0.1) is 6.61 Å². The molecule has 0 radical (unpaired) electrons. The van der Waals surface area contributed by atoms with Crippen LogP contribution in [0.25, 0.3) is 0 Å². The third-order valence-electron chi connectivity index (χ3n) is 5.86. The maximum Gasteiger partial charge on any atom is 0.0558 e. The summed E-state index contributed by atoms with van der Waals surface area (Å²) < 4.78 is 5.77. The lowest BCUT2D eigenvalue weighted by atomic mass is 10.0. The number of ether oxygens (including phenoxy) is 1. The molecule has 0 saturated carbocycles. The van der Waals surface area contributed by atoms with E-state index < -0.39 is 0 Å². The summed E-state index contributed by atoms with van der Waals surface area (Å²) in [4.78, 5) is 2.33. The van der Waals surface area contributed by atoms with E-state index in [2.05, 4.69) is 18.7 Å². The maximum absolute atomic E-state index is 9.06. The van der Waals surface area contributed by atoms with Gasteiger partial charge in [-0.05, 0) is 25.8 Å². The van der Waals surface area contributed by atoms with Crippen LogP contribution in [0.3, 0.4) is 0 Å². The largest absolute Gasteiger partial charge is 0.395 e. The summed E-state index contributed by atoms with van der Waals surface area (Å²) in [7, 11) is 0. The standard InChI is InChI=1S/C26H55NO2/c1-3-5-6-7-8-9-10-11-12-13-14-15-16-17-18-19-25-29-26-20-22-27(21-4-2)23-24-28/h28H,3-26H2,1-2H3. The highest BCUT2D eigenvalue weighted by Crippen LogP contribution is 2.13. The van der Waals surface area contributed by atoms with Crippen LogP contribution < -0.4 is 0 Å². The molecule has 0 atom stereocenters. The van der Waals surface area contributed by atoms with Crippen molar-refractivity contribution >= 4 is 0 Å². The van der Waals surface area contributed by atoms with Crippen LogP contribution in [0.5, 0.6) is 0 Å². The number of unbranched alkanes of at least 4 members (excludes halogenated alkanes) is 15. The monoisotopic (exact) mass is 413 g/mol. The predicted octanol–water partition coefficient (Wildman–Crippen LogP) is 7.36. The number of aliphatic hydroxyl groups excluding tert-OH is 1. The van der Waals surface area contributed by atoms with Crippen molar-refractivity contribution in [3.63, 3.8) is 0 Å². The van der Waals surface area contributed by atoms with Gasteiger partial charge in [-0.15, -0.1) is 0 Å². The van der Waals surface area contributed by atoms with Gasteiger partial charge in [-0.25, -0.2) is 0 Å². The van der Waals surface area contributed by atoms with Crippen molar-refractivity contribution in [1.29, 1.82) is 0 Å². The molecule has 0 aromatic carbocycles. The SMILES string of the molecule is CCCCCCCCCCCCCCCCCCOCCCN(CCC)CCO. The number of hydrogen-bond donors (Lipinski definition) is 1. The van der Waals surface area contributed by atoms with Gasteiger partial charge in [0.1, 0.15) is 0 Å². The Hall–Kier alpha value is -0.120. The van der Waals surface area contributed by atoms with Crippen LogP contribution in [0.2, 0.25) is 0 Å². The first kappa shape index (κ1) is 28.9. The zero-order valence-corrected chi connectivity index (χ0v) is 20.3. The van der Waals surface area contributed by atoms with E-state index >= 15 is 0 Å². The summed E-state index contributed by atoms with van der Waals surface area (Å²) >= 11 is 0. The predicted molar refractivity (Wildman–Crippen MR) is 129 cm³/mol. The molecule has 176 valence electrons. The summed E-state index contributed by atoms with van der Waals surface area (Å²) in [5, 5.41) is 9.06. The molecule has 1 N–H and O–H groups in total. The minimum absolute atomic E-state index is 0.264. The van der Waals surface area contributed by atoms with Gasteiger partial charge < -0.3 is 14.7 Å². The highest BCUT2D eigenvalue weighted by Gasteiger charge is 2.02. The van der Waals surface area contributed by atoms with E-state index in [-0.39, 0.29) is 6.61 Å². The van der Waals surface area contributed by atoms with Crippen LogP contribution in [0.1, 0.15) is 129 Å². The second-order valence-electron chi connectivity index (χ2n) is 8.83. The molecule has 3 nitrogen and oxygen atoms in total. The second kappa shape index (κ2) is 25.9. The Labute approximate surface area is 184 Å². The topological polar surface area (TPSA) is 32.7 Å². The van der Waals surface area contributed by atoms with Crippen molar-refractivity contribution in [3.8, 4) is 0 Å². The van der Waals surface area contributed by atoms with E-state index in [4.69, 9.17) is 9.84 Å². The van der Waals surface area contributed by atoms with Crippen LogP contribution in [-0.4, -0.2) is 49.5 Å². The summed E-state index contributed by atoms with van der Waals surface area (Å²) in [6.45, 7) is 9.47. The number of hydrogen-bond acceptors (Lipinski definition) is 3. The lowest BCUT2D eigenvalue weighted by Gasteiger charge is -2.20. The van der Waals surface area contributed by atoms with Crippen molar-refractivity contribution in [2.45, 2.75) is 129 Å². The van der Waals surface area contributed by atoms with E-state index in [1.807, 2.05) is 0 Å². The van der Waals surface area contributed by atoms with E-state index in [0.29, 0.717) is 0 Å². The van der Waals surface area contributed by atoms with E-state index in [1.165, 1.54) is 103 Å². The Balaban J connectivity index is 3.11. The Morgan fingerprint density at radius 1 is 0.483 bits per heavy atom. The average Bonchev–Trinajstić information content (AvgIpc) is 2.72. The summed E-state index contributed by atoms with van der Waals surface area (Å²) in [5.74, 6) is 0. The first-order valence-corrected chi connectivity index (χ1v) is 13.3. The molecule has 0 fully saturated rings.